The number of allylic oxidation sites excluding steroid dienone is 1. The third-order valence-corrected chi connectivity index (χ3v) is 11.1. The van der Waals surface area contributed by atoms with E-state index in [-0.39, 0.29) is 49.4 Å². The topological polar surface area (TPSA) is 125 Å². The molecule has 10 nitrogen and oxygen atoms in total. The lowest BCUT2D eigenvalue weighted by Crippen LogP contribution is -2.57. The first-order valence-electron chi connectivity index (χ1n) is 17.1. The van der Waals surface area contributed by atoms with Crippen LogP contribution in [0.3, 0.4) is 0 Å². The van der Waals surface area contributed by atoms with E-state index in [4.69, 9.17) is 21.1 Å². The third kappa shape index (κ3) is 7.42. The second-order valence-corrected chi connectivity index (χ2v) is 14.7. The van der Waals surface area contributed by atoms with Crippen LogP contribution < -0.4 is 10.2 Å². The first kappa shape index (κ1) is 37.7. The highest BCUT2D eigenvalue weighted by Gasteiger charge is 2.76. The predicted octanol–water partition coefficient (Wildman–Crippen LogP) is 5.44. The van der Waals surface area contributed by atoms with Gasteiger partial charge in [-0.3, -0.25) is 19.2 Å². The molecule has 3 heterocycles. The van der Waals surface area contributed by atoms with Gasteiger partial charge in [0.1, 0.15) is 18.2 Å². The van der Waals surface area contributed by atoms with E-state index < -0.39 is 47.5 Å². The summed E-state index contributed by atoms with van der Waals surface area (Å²) in [5, 5.41) is 12.8. The van der Waals surface area contributed by atoms with Gasteiger partial charge in [0, 0.05) is 30.9 Å². The fraction of sp³-hybridized carbons (Fsp3) is 0.474. The highest BCUT2D eigenvalue weighted by Crippen LogP contribution is 2.60. The second-order valence-electron chi connectivity index (χ2n) is 13.1. The molecule has 268 valence electrons. The Hall–Kier alpha value is -3.51. The van der Waals surface area contributed by atoms with E-state index in [2.05, 4.69) is 34.4 Å². The minimum atomic E-state index is -1.29. The maximum atomic E-state index is 14.9. The van der Waals surface area contributed by atoms with Gasteiger partial charge in [-0.1, -0.05) is 82.1 Å². The van der Waals surface area contributed by atoms with Crippen LogP contribution in [-0.4, -0.2) is 82.6 Å². The zero-order chi connectivity index (χ0) is 36.0. The number of hydrogen-bond donors (Lipinski definition) is 2. The van der Waals surface area contributed by atoms with E-state index in [1.807, 2.05) is 49.4 Å². The molecular formula is C38H45BrClN3O7. The standard InChI is InChI=1S/C38H45BrClN3O7/c1-4-6-18-29(45)49-23-28(25-15-9-7-10-16-25)41-35(46)30-31-36(47)43(20-11-8-12-21-44)34(38(31)22-26(39)33(30)50-38)37(48)42(19-5-2)32-24(3)14-13-17-27(32)40/h4-5,7,9-10,13-17,26,28,30-31,33-34,44H,1-2,6,8,11-12,18-23H2,3H3,(H,41,46)/t26?,28-,30+,31-,33+,34+,38-/m1/s1. The van der Waals surface area contributed by atoms with Crippen molar-refractivity contribution in [2.45, 2.75) is 74.1 Å². The molecule has 7 atom stereocenters. The number of alkyl halides is 1. The molecule has 2 bridgehead atoms. The van der Waals surface area contributed by atoms with Crippen LogP contribution in [0.5, 0.6) is 0 Å². The monoisotopic (exact) mass is 769 g/mol. The number of aryl methyl sites for hydroxylation is 1. The second kappa shape index (κ2) is 16.7. The molecule has 1 unspecified atom stereocenters. The molecule has 0 aromatic heterocycles. The van der Waals surface area contributed by atoms with Crippen molar-refractivity contribution in [3.8, 4) is 0 Å². The van der Waals surface area contributed by atoms with Crippen LogP contribution in [0, 0.1) is 18.8 Å². The number of anilines is 1. The maximum Gasteiger partial charge on any atom is 0.306 e. The smallest absolute Gasteiger partial charge is 0.306 e. The Bertz CT molecular complexity index is 1570. The third-order valence-electron chi connectivity index (χ3n) is 9.90. The minimum Gasteiger partial charge on any atom is -0.463 e. The molecular weight excluding hydrogens is 726 g/mol. The highest BCUT2D eigenvalue weighted by atomic mass is 79.9. The number of rotatable bonds is 17. The molecule has 2 aromatic carbocycles. The quantitative estimate of drug-likeness (QED) is 0.0950. The van der Waals surface area contributed by atoms with Crippen LogP contribution >= 0.6 is 27.5 Å². The number of esters is 1. The summed E-state index contributed by atoms with van der Waals surface area (Å²) in [7, 11) is 0. The van der Waals surface area contributed by atoms with Crippen molar-refractivity contribution in [2.24, 2.45) is 11.8 Å². The zero-order valence-electron chi connectivity index (χ0n) is 28.3. The van der Waals surface area contributed by atoms with E-state index in [0.717, 1.165) is 11.1 Å². The predicted molar refractivity (Wildman–Crippen MR) is 195 cm³/mol. The lowest BCUT2D eigenvalue weighted by atomic mass is 9.70. The highest BCUT2D eigenvalue weighted by molar-refractivity contribution is 9.09. The molecule has 3 aliphatic heterocycles. The van der Waals surface area contributed by atoms with E-state index in [1.165, 1.54) is 0 Å². The summed E-state index contributed by atoms with van der Waals surface area (Å²) in [5.41, 5.74) is 0.750. The summed E-state index contributed by atoms with van der Waals surface area (Å²) in [6, 6.07) is 12.9. The molecule has 0 aliphatic carbocycles. The lowest BCUT2D eigenvalue weighted by Gasteiger charge is -2.37. The molecule has 3 amide bonds. The van der Waals surface area contributed by atoms with Crippen LogP contribution in [0.15, 0.2) is 73.8 Å². The maximum absolute atomic E-state index is 14.9. The van der Waals surface area contributed by atoms with Crippen molar-refractivity contribution in [3.63, 3.8) is 0 Å². The van der Waals surface area contributed by atoms with Gasteiger partial charge < -0.3 is 29.7 Å². The Morgan fingerprint density at radius 1 is 1.16 bits per heavy atom. The van der Waals surface area contributed by atoms with E-state index in [1.54, 1.807) is 28.0 Å². The first-order chi connectivity index (χ1) is 24.1. The number of carbonyl (C=O) groups is 4. The molecule has 5 rings (SSSR count). The summed E-state index contributed by atoms with van der Waals surface area (Å²) in [4.78, 5) is 59.1. The number of para-hydroxylation sites is 1. The SMILES string of the molecule is C=CCCC(=O)OC[C@@H](NC(=O)[C@@H]1[C@H]2O[C@@]3(CC2Br)[C@H](C(=O)N(CC=C)c2c(C)cccc2Cl)N(CCCCCO)C(=O)[C@@H]13)c1ccccc1. The van der Waals surface area contributed by atoms with Gasteiger partial charge in [0.2, 0.25) is 11.8 Å². The first-order valence-corrected chi connectivity index (χ1v) is 18.4. The summed E-state index contributed by atoms with van der Waals surface area (Å²) >= 11 is 10.4. The lowest BCUT2D eigenvalue weighted by molar-refractivity contribution is -0.145. The fourth-order valence-electron chi connectivity index (χ4n) is 7.70. The number of amides is 3. The van der Waals surface area contributed by atoms with Crippen molar-refractivity contribution >= 4 is 56.9 Å². The van der Waals surface area contributed by atoms with Gasteiger partial charge in [-0.2, -0.15) is 0 Å². The number of nitrogens with zero attached hydrogens (tertiary/aromatic N) is 2. The number of aliphatic hydroxyl groups is 1. The Balaban J connectivity index is 1.50. The number of unbranched alkanes of at least 4 members (excludes halogenated alkanes) is 2. The van der Waals surface area contributed by atoms with Crippen LogP contribution in [0.1, 0.15) is 55.7 Å². The number of likely N-dealkylation sites (tertiary alicyclic amines) is 1. The van der Waals surface area contributed by atoms with Crippen LogP contribution in [-0.2, 0) is 28.7 Å². The minimum absolute atomic E-state index is 0.0201. The number of carbonyl (C=O) groups excluding carboxylic acids is 4. The van der Waals surface area contributed by atoms with Crippen molar-refractivity contribution in [2.75, 3.05) is 31.2 Å². The molecule has 3 aliphatic rings. The van der Waals surface area contributed by atoms with Gasteiger partial charge in [0.25, 0.3) is 5.91 Å². The number of hydrogen-bond acceptors (Lipinski definition) is 7. The van der Waals surface area contributed by atoms with Crippen molar-refractivity contribution in [1.82, 2.24) is 10.2 Å². The number of fused-ring (bicyclic) bond motifs is 1. The Morgan fingerprint density at radius 2 is 1.92 bits per heavy atom. The molecule has 12 heteroatoms. The van der Waals surface area contributed by atoms with Gasteiger partial charge >= 0.3 is 5.97 Å². The average molecular weight is 771 g/mol. The summed E-state index contributed by atoms with van der Waals surface area (Å²) in [6.07, 6.45) is 5.31. The van der Waals surface area contributed by atoms with Gasteiger partial charge in [-0.05, 0) is 56.2 Å². The molecule has 50 heavy (non-hydrogen) atoms. The molecule has 0 radical (unpaired) electrons. The van der Waals surface area contributed by atoms with E-state index in [9.17, 15) is 24.3 Å². The Morgan fingerprint density at radius 3 is 2.60 bits per heavy atom. The number of nitrogens with one attached hydrogen (secondary N) is 1. The van der Waals surface area contributed by atoms with Gasteiger partial charge in [0.15, 0.2) is 0 Å². The molecule has 2 aromatic rings. The van der Waals surface area contributed by atoms with Gasteiger partial charge in [-0.15, -0.1) is 13.2 Å². The van der Waals surface area contributed by atoms with Crippen molar-refractivity contribution in [3.05, 3.63) is 90.0 Å². The number of aliphatic hydroxyl groups excluding tert-OH is 1. The fourth-order valence-corrected chi connectivity index (χ4v) is 8.96. The normalized spacial score (nSPS) is 25.6. The van der Waals surface area contributed by atoms with Gasteiger partial charge in [-0.25, -0.2) is 0 Å². The molecule has 3 saturated heterocycles. The molecule has 1 spiro atoms. The summed E-state index contributed by atoms with van der Waals surface area (Å²) < 4.78 is 12.3. The number of ether oxygens (including phenoxy) is 2. The number of benzene rings is 2. The molecule has 0 saturated carbocycles. The summed E-state index contributed by atoms with van der Waals surface area (Å²) in [6.45, 7) is 9.71. The average Bonchev–Trinajstić information content (AvgIpc) is 3.70. The van der Waals surface area contributed by atoms with E-state index in [0.29, 0.717) is 42.8 Å². The van der Waals surface area contributed by atoms with Gasteiger partial charge in [0.05, 0.1) is 34.7 Å². The van der Waals surface area contributed by atoms with Crippen LogP contribution in [0.4, 0.5) is 5.69 Å². The summed E-state index contributed by atoms with van der Waals surface area (Å²) in [5.74, 6) is -3.38. The Labute approximate surface area is 306 Å². The van der Waals surface area contributed by atoms with Crippen LogP contribution in [0.25, 0.3) is 0 Å². The van der Waals surface area contributed by atoms with Crippen molar-refractivity contribution < 1.29 is 33.8 Å². The van der Waals surface area contributed by atoms with Crippen molar-refractivity contribution in [1.29, 1.82) is 0 Å². The molecule has 2 N–H and O–H groups in total. The van der Waals surface area contributed by atoms with Crippen LogP contribution in [0.2, 0.25) is 5.02 Å². The zero-order valence-corrected chi connectivity index (χ0v) is 30.6. The van der Waals surface area contributed by atoms with E-state index >= 15 is 0 Å². The Kier molecular flexibility index (Phi) is 12.6. The number of halogens is 2. The largest absolute Gasteiger partial charge is 0.463 e. The molecule has 3 fully saturated rings.